The van der Waals surface area contributed by atoms with E-state index < -0.39 is 0 Å². The van der Waals surface area contributed by atoms with Crippen LogP contribution in [0.5, 0.6) is 11.5 Å². The predicted octanol–water partition coefficient (Wildman–Crippen LogP) is 2.49. The molecule has 0 radical (unpaired) electrons. The number of H-pyrrole nitrogens is 1. The van der Waals surface area contributed by atoms with Gasteiger partial charge < -0.3 is 19.9 Å². The molecule has 2 unspecified atom stereocenters. The number of ether oxygens (including phenoxy) is 2. The monoisotopic (exact) mass is 343 g/mol. The number of aromatic nitrogens is 2. The van der Waals surface area contributed by atoms with Crippen molar-refractivity contribution < 1.29 is 14.6 Å². The fourth-order valence-corrected chi connectivity index (χ4v) is 3.75. The van der Waals surface area contributed by atoms with E-state index in [1.165, 1.54) is 6.42 Å². The molecule has 3 N–H and O–H groups in total. The number of nitrogens with zero attached hydrogens (tertiary/aromatic N) is 1. The number of nitrogens with one attached hydrogen (secondary N) is 2. The second-order valence-electron chi connectivity index (χ2n) is 6.95. The topological polar surface area (TPSA) is 79.4 Å². The van der Waals surface area contributed by atoms with E-state index in [2.05, 4.69) is 15.5 Å². The van der Waals surface area contributed by atoms with Crippen LogP contribution in [-0.2, 0) is 6.54 Å². The SMILES string of the molecule is OC1CCCC(CNCc2cn[nH]c2-c2ccc3c(c2)OCCO3)C1. The molecule has 1 aromatic heterocycles. The van der Waals surface area contributed by atoms with Crippen molar-refractivity contribution in [3.63, 3.8) is 0 Å². The zero-order valence-corrected chi connectivity index (χ0v) is 14.3. The number of fused-ring (bicyclic) bond motifs is 1. The van der Waals surface area contributed by atoms with Crippen molar-refractivity contribution in [3.8, 4) is 22.8 Å². The third-order valence-electron chi connectivity index (χ3n) is 5.05. The van der Waals surface area contributed by atoms with Gasteiger partial charge in [-0.05, 0) is 49.9 Å². The normalized spacial score (nSPS) is 22.8. The summed E-state index contributed by atoms with van der Waals surface area (Å²) in [6.07, 6.45) is 5.93. The fraction of sp³-hybridized carbons (Fsp3) is 0.526. The summed E-state index contributed by atoms with van der Waals surface area (Å²) in [6.45, 7) is 2.87. The minimum atomic E-state index is -0.122. The van der Waals surface area contributed by atoms with Crippen LogP contribution in [0.25, 0.3) is 11.3 Å². The van der Waals surface area contributed by atoms with Crippen molar-refractivity contribution in [2.75, 3.05) is 19.8 Å². The Morgan fingerprint density at radius 3 is 2.96 bits per heavy atom. The summed E-state index contributed by atoms with van der Waals surface area (Å²) in [7, 11) is 0. The van der Waals surface area contributed by atoms with Gasteiger partial charge in [-0.2, -0.15) is 5.10 Å². The molecule has 1 saturated carbocycles. The molecular weight excluding hydrogens is 318 g/mol. The van der Waals surface area contributed by atoms with Gasteiger partial charge in [0.05, 0.1) is 18.0 Å². The first kappa shape index (κ1) is 16.4. The Kier molecular flexibility index (Phi) is 4.90. The molecule has 2 aliphatic rings. The van der Waals surface area contributed by atoms with Crippen LogP contribution < -0.4 is 14.8 Å². The maximum absolute atomic E-state index is 9.79. The van der Waals surface area contributed by atoms with Gasteiger partial charge in [0.1, 0.15) is 13.2 Å². The molecule has 4 rings (SSSR count). The minimum Gasteiger partial charge on any atom is -0.486 e. The molecule has 134 valence electrons. The van der Waals surface area contributed by atoms with Gasteiger partial charge in [-0.15, -0.1) is 0 Å². The predicted molar refractivity (Wildman–Crippen MR) is 94.7 cm³/mol. The first-order valence-electron chi connectivity index (χ1n) is 9.10. The molecule has 1 aliphatic carbocycles. The van der Waals surface area contributed by atoms with E-state index in [9.17, 15) is 5.11 Å². The van der Waals surface area contributed by atoms with Crippen LogP contribution in [-0.4, -0.2) is 41.2 Å². The van der Waals surface area contributed by atoms with E-state index >= 15 is 0 Å². The van der Waals surface area contributed by atoms with Gasteiger partial charge in [-0.1, -0.05) is 6.42 Å². The molecule has 0 saturated heterocycles. The second kappa shape index (κ2) is 7.45. The standard InChI is InChI=1S/C19H25N3O3/c23-16-3-1-2-13(8-16)10-20-11-15-12-21-22-19(15)14-4-5-17-18(9-14)25-7-6-24-17/h4-5,9,12-13,16,20,23H,1-3,6-8,10-11H2,(H,21,22). The maximum atomic E-state index is 9.79. The van der Waals surface area contributed by atoms with E-state index in [1.807, 2.05) is 24.4 Å². The van der Waals surface area contributed by atoms with Crippen molar-refractivity contribution in [1.82, 2.24) is 15.5 Å². The minimum absolute atomic E-state index is 0.122. The summed E-state index contributed by atoms with van der Waals surface area (Å²) in [4.78, 5) is 0. The molecule has 2 aromatic rings. The second-order valence-corrected chi connectivity index (χ2v) is 6.95. The molecule has 25 heavy (non-hydrogen) atoms. The third-order valence-corrected chi connectivity index (χ3v) is 5.05. The summed E-state index contributed by atoms with van der Waals surface area (Å²) >= 11 is 0. The Labute approximate surface area is 147 Å². The molecule has 2 atom stereocenters. The van der Waals surface area contributed by atoms with Gasteiger partial charge in [0.25, 0.3) is 0 Å². The van der Waals surface area contributed by atoms with Gasteiger partial charge in [0.2, 0.25) is 0 Å². The largest absolute Gasteiger partial charge is 0.486 e. The lowest BCUT2D eigenvalue weighted by Crippen LogP contribution is -2.28. The van der Waals surface area contributed by atoms with E-state index in [0.717, 1.165) is 60.7 Å². The Morgan fingerprint density at radius 1 is 1.20 bits per heavy atom. The lowest BCUT2D eigenvalue weighted by Gasteiger charge is -2.26. The van der Waals surface area contributed by atoms with E-state index in [4.69, 9.17) is 9.47 Å². The first-order chi connectivity index (χ1) is 12.3. The van der Waals surface area contributed by atoms with Crippen LogP contribution in [0.3, 0.4) is 0 Å². The first-order valence-corrected chi connectivity index (χ1v) is 9.10. The summed E-state index contributed by atoms with van der Waals surface area (Å²) in [5, 5.41) is 20.6. The van der Waals surface area contributed by atoms with Gasteiger partial charge >= 0.3 is 0 Å². The van der Waals surface area contributed by atoms with Crippen LogP contribution >= 0.6 is 0 Å². The maximum Gasteiger partial charge on any atom is 0.162 e. The van der Waals surface area contributed by atoms with Crippen LogP contribution in [0.4, 0.5) is 0 Å². The number of aliphatic hydroxyl groups is 1. The third kappa shape index (κ3) is 3.80. The molecule has 0 spiro atoms. The summed E-state index contributed by atoms with van der Waals surface area (Å²) in [5.74, 6) is 2.15. The highest BCUT2D eigenvalue weighted by atomic mass is 16.6. The lowest BCUT2D eigenvalue weighted by molar-refractivity contribution is 0.101. The number of benzene rings is 1. The van der Waals surface area contributed by atoms with E-state index in [-0.39, 0.29) is 6.10 Å². The summed E-state index contributed by atoms with van der Waals surface area (Å²) in [6, 6.07) is 5.98. The van der Waals surface area contributed by atoms with Gasteiger partial charge in [0.15, 0.2) is 11.5 Å². The quantitative estimate of drug-likeness (QED) is 0.777. The Morgan fingerprint density at radius 2 is 2.08 bits per heavy atom. The van der Waals surface area contributed by atoms with Crippen LogP contribution in [0.2, 0.25) is 0 Å². The highest BCUT2D eigenvalue weighted by Gasteiger charge is 2.20. The zero-order valence-electron chi connectivity index (χ0n) is 14.3. The fourth-order valence-electron chi connectivity index (χ4n) is 3.75. The molecule has 1 fully saturated rings. The molecule has 0 amide bonds. The van der Waals surface area contributed by atoms with Crippen LogP contribution in [0.1, 0.15) is 31.2 Å². The summed E-state index contributed by atoms with van der Waals surface area (Å²) < 4.78 is 11.3. The Hall–Kier alpha value is -2.05. The highest BCUT2D eigenvalue weighted by Crippen LogP contribution is 2.34. The van der Waals surface area contributed by atoms with E-state index in [0.29, 0.717) is 19.1 Å². The smallest absolute Gasteiger partial charge is 0.162 e. The van der Waals surface area contributed by atoms with Crippen LogP contribution in [0.15, 0.2) is 24.4 Å². The molecule has 2 heterocycles. The average molecular weight is 343 g/mol. The molecule has 6 nitrogen and oxygen atoms in total. The molecular formula is C19H25N3O3. The van der Waals surface area contributed by atoms with Crippen molar-refractivity contribution >= 4 is 0 Å². The van der Waals surface area contributed by atoms with Gasteiger partial charge in [-0.25, -0.2) is 0 Å². The molecule has 0 bridgehead atoms. The number of hydrogen-bond acceptors (Lipinski definition) is 5. The van der Waals surface area contributed by atoms with Gasteiger partial charge in [0, 0.05) is 17.7 Å². The van der Waals surface area contributed by atoms with Crippen LogP contribution in [0, 0.1) is 5.92 Å². The number of hydrogen-bond donors (Lipinski definition) is 3. The average Bonchev–Trinajstić information content (AvgIpc) is 3.10. The zero-order chi connectivity index (χ0) is 17.1. The van der Waals surface area contributed by atoms with E-state index in [1.54, 1.807) is 0 Å². The molecule has 1 aromatic carbocycles. The lowest BCUT2D eigenvalue weighted by atomic mass is 9.87. The molecule has 6 heteroatoms. The number of rotatable bonds is 5. The van der Waals surface area contributed by atoms with Gasteiger partial charge in [-0.3, -0.25) is 5.10 Å². The molecule has 1 aliphatic heterocycles. The van der Waals surface area contributed by atoms with Crippen molar-refractivity contribution in [3.05, 3.63) is 30.0 Å². The van der Waals surface area contributed by atoms with Crippen molar-refractivity contribution in [2.24, 2.45) is 5.92 Å². The number of aliphatic hydroxyl groups excluding tert-OH is 1. The van der Waals surface area contributed by atoms with Crippen molar-refractivity contribution in [2.45, 2.75) is 38.3 Å². The Balaban J connectivity index is 1.40. The van der Waals surface area contributed by atoms with Crippen molar-refractivity contribution in [1.29, 1.82) is 0 Å². The highest BCUT2D eigenvalue weighted by molar-refractivity contribution is 5.66. The Bertz CT molecular complexity index is 716. The number of aromatic amines is 1. The summed E-state index contributed by atoms with van der Waals surface area (Å²) in [5.41, 5.74) is 3.19.